The molecule has 1 atom stereocenters. The van der Waals surface area contributed by atoms with E-state index >= 15 is 0 Å². The van der Waals surface area contributed by atoms with E-state index in [0.717, 1.165) is 17.7 Å². The molecule has 2 heterocycles. The number of carboxylic acids is 1. The van der Waals surface area contributed by atoms with Crippen molar-refractivity contribution in [1.82, 2.24) is 9.97 Å². The van der Waals surface area contributed by atoms with Crippen molar-refractivity contribution in [2.75, 3.05) is 18.0 Å². The Hall–Kier alpha value is -2.57. The Bertz CT molecular complexity index is 844. The summed E-state index contributed by atoms with van der Waals surface area (Å²) >= 11 is 0. The van der Waals surface area contributed by atoms with E-state index in [-0.39, 0.29) is 18.5 Å². The fourth-order valence-corrected chi connectivity index (χ4v) is 3.58. The van der Waals surface area contributed by atoms with E-state index in [2.05, 4.69) is 9.97 Å². The number of piperidine rings is 1. The predicted octanol–water partition coefficient (Wildman–Crippen LogP) is 3.29. The van der Waals surface area contributed by atoms with Crippen LogP contribution in [0.4, 0.5) is 14.6 Å². The quantitative estimate of drug-likeness (QED) is 0.905. The van der Waals surface area contributed by atoms with Crippen LogP contribution in [0.15, 0.2) is 24.4 Å². The van der Waals surface area contributed by atoms with Crippen molar-refractivity contribution in [3.63, 3.8) is 0 Å². The molecule has 1 aromatic carbocycles. The molecule has 0 amide bonds. The number of carboxylic acid groups (broad SMARTS) is 1. The van der Waals surface area contributed by atoms with E-state index in [4.69, 9.17) is 0 Å². The number of aliphatic carboxylic acids is 1. The molecule has 138 valence electrons. The fourth-order valence-electron chi connectivity index (χ4n) is 3.58. The van der Waals surface area contributed by atoms with Gasteiger partial charge in [0.1, 0.15) is 23.3 Å². The van der Waals surface area contributed by atoms with Crippen molar-refractivity contribution in [1.29, 1.82) is 0 Å². The van der Waals surface area contributed by atoms with Gasteiger partial charge in [-0.1, -0.05) is 6.07 Å². The second-order valence-electron chi connectivity index (χ2n) is 6.95. The average molecular weight is 361 g/mol. The number of anilines is 1. The third kappa shape index (κ3) is 3.52. The van der Waals surface area contributed by atoms with Crippen molar-refractivity contribution >= 4 is 11.8 Å². The van der Waals surface area contributed by atoms with Gasteiger partial charge in [0.2, 0.25) is 0 Å². The molecular formula is C19H21F2N3O2. The third-order valence-electron chi connectivity index (χ3n) is 4.94. The van der Waals surface area contributed by atoms with Gasteiger partial charge in [-0.25, -0.2) is 18.7 Å². The molecule has 0 radical (unpaired) electrons. The van der Waals surface area contributed by atoms with Gasteiger partial charge in [-0.05, 0) is 44.7 Å². The van der Waals surface area contributed by atoms with E-state index in [1.165, 1.54) is 6.07 Å². The standard InChI is InChI=1S/C19H21F2N3O2/c1-12-10-22-13(2)23-17(12)24-7-3-6-19(11-24,18(25)26)9-14-4-5-15(20)8-16(14)21/h4-5,8,10H,3,6-7,9,11H2,1-2H3,(H,25,26)/t19-/m0/s1. The first-order valence-electron chi connectivity index (χ1n) is 8.53. The molecule has 0 saturated carbocycles. The summed E-state index contributed by atoms with van der Waals surface area (Å²) in [5, 5.41) is 9.93. The number of hydrogen-bond acceptors (Lipinski definition) is 4. The lowest BCUT2D eigenvalue weighted by Gasteiger charge is -2.41. The van der Waals surface area contributed by atoms with Gasteiger partial charge in [-0.3, -0.25) is 4.79 Å². The molecule has 26 heavy (non-hydrogen) atoms. The molecule has 0 unspecified atom stereocenters. The number of halogens is 2. The SMILES string of the molecule is Cc1ncc(C)c(N2CCC[C@@](Cc3ccc(F)cc3F)(C(=O)O)C2)n1. The molecule has 1 aromatic heterocycles. The second-order valence-corrected chi connectivity index (χ2v) is 6.95. The third-order valence-corrected chi connectivity index (χ3v) is 4.94. The Balaban J connectivity index is 1.93. The predicted molar refractivity (Wildman–Crippen MR) is 93.1 cm³/mol. The van der Waals surface area contributed by atoms with Crippen LogP contribution >= 0.6 is 0 Å². The summed E-state index contributed by atoms with van der Waals surface area (Å²) in [5.74, 6) is -1.04. The minimum atomic E-state index is -1.15. The zero-order chi connectivity index (χ0) is 18.9. The van der Waals surface area contributed by atoms with Crippen LogP contribution in [-0.4, -0.2) is 34.1 Å². The Morgan fingerprint density at radius 1 is 1.35 bits per heavy atom. The highest BCUT2D eigenvalue weighted by molar-refractivity contribution is 5.76. The molecule has 0 aliphatic carbocycles. The van der Waals surface area contributed by atoms with Crippen molar-refractivity contribution in [3.8, 4) is 0 Å². The first kappa shape index (κ1) is 18.2. The highest BCUT2D eigenvalue weighted by Crippen LogP contribution is 2.37. The van der Waals surface area contributed by atoms with Crippen molar-refractivity contribution < 1.29 is 18.7 Å². The summed E-state index contributed by atoms with van der Waals surface area (Å²) in [6, 6.07) is 3.28. The first-order chi connectivity index (χ1) is 12.3. The van der Waals surface area contributed by atoms with Crippen LogP contribution in [0.25, 0.3) is 0 Å². The Morgan fingerprint density at radius 3 is 2.81 bits per heavy atom. The molecule has 1 aliphatic heterocycles. The maximum atomic E-state index is 14.1. The molecule has 5 nitrogen and oxygen atoms in total. The molecule has 1 fully saturated rings. The molecule has 1 aliphatic rings. The summed E-state index contributed by atoms with van der Waals surface area (Å²) in [6.45, 7) is 4.56. The number of aromatic nitrogens is 2. The van der Waals surface area contributed by atoms with Crippen molar-refractivity contribution in [3.05, 3.63) is 53.0 Å². The molecule has 3 rings (SSSR count). The van der Waals surface area contributed by atoms with Crippen LogP contribution in [0.1, 0.15) is 29.8 Å². The van der Waals surface area contributed by atoms with Gasteiger partial charge < -0.3 is 10.0 Å². The minimum Gasteiger partial charge on any atom is -0.481 e. The van der Waals surface area contributed by atoms with Crippen LogP contribution in [0, 0.1) is 30.9 Å². The number of hydrogen-bond donors (Lipinski definition) is 1. The highest BCUT2D eigenvalue weighted by Gasteiger charge is 2.43. The van der Waals surface area contributed by atoms with Crippen LogP contribution in [0.5, 0.6) is 0 Å². The summed E-state index contributed by atoms with van der Waals surface area (Å²) in [7, 11) is 0. The Kier molecular flexibility index (Phi) is 4.89. The molecule has 7 heteroatoms. The van der Waals surface area contributed by atoms with Crippen LogP contribution in [-0.2, 0) is 11.2 Å². The topological polar surface area (TPSA) is 66.3 Å². The highest BCUT2D eigenvalue weighted by atomic mass is 19.1. The first-order valence-corrected chi connectivity index (χ1v) is 8.53. The summed E-state index contributed by atoms with van der Waals surface area (Å²) < 4.78 is 27.3. The van der Waals surface area contributed by atoms with Crippen LogP contribution in [0.2, 0.25) is 0 Å². The summed E-state index contributed by atoms with van der Waals surface area (Å²) in [4.78, 5) is 22.7. The van der Waals surface area contributed by atoms with Gasteiger partial charge in [0.25, 0.3) is 0 Å². The lowest BCUT2D eigenvalue weighted by molar-refractivity contribution is -0.149. The molecule has 0 bridgehead atoms. The maximum absolute atomic E-state index is 14.1. The van der Waals surface area contributed by atoms with Gasteiger partial charge in [0.15, 0.2) is 0 Å². The van der Waals surface area contributed by atoms with E-state index in [9.17, 15) is 18.7 Å². The van der Waals surface area contributed by atoms with Crippen LogP contribution < -0.4 is 4.90 Å². The average Bonchev–Trinajstić information content (AvgIpc) is 2.59. The molecule has 1 saturated heterocycles. The van der Waals surface area contributed by atoms with Crippen molar-refractivity contribution in [2.45, 2.75) is 33.1 Å². The number of carbonyl (C=O) groups is 1. The molecule has 2 aromatic rings. The largest absolute Gasteiger partial charge is 0.481 e. The minimum absolute atomic E-state index is 0.00800. The normalized spacial score (nSPS) is 20.2. The lowest BCUT2D eigenvalue weighted by atomic mass is 9.75. The van der Waals surface area contributed by atoms with Gasteiger partial charge in [0, 0.05) is 30.9 Å². The zero-order valence-electron chi connectivity index (χ0n) is 14.8. The van der Waals surface area contributed by atoms with E-state index in [1.807, 2.05) is 11.8 Å². The number of nitrogens with zero attached hydrogens (tertiary/aromatic N) is 3. The molecule has 1 N–H and O–H groups in total. The number of benzene rings is 1. The molecular weight excluding hydrogens is 340 g/mol. The van der Waals surface area contributed by atoms with E-state index < -0.39 is 23.0 Å². The summed E-state index contributed by atoms with van der Waals surface area (Å²) in [5.41, 5.74) is -0.0710. The smallest absolute Gasteiger partial charge is 0.311 e. The van der Waals surface area contributed by atoms with Crippen LogP contribution in [0.3, 0.4) is 0 Å². The van der Waals surface area contributed by atoms with E-state index in [0.29, 0.717) is 31.0 Å². The molecule has 0 spiro atoms. The number of rotatable bonds is 4. The number of aryl methyl sites for hydroxylation is 2. The van der Waals surface area contributed by atoms with E-state index in [1.54, 1.807) is 13.1 Å². The van der Waals surface area contributed by atoms with Gasteiger partial charge in [0.05, 0.1) is 5.41 Å². The fraction of sp³-hybridized carbons (Fsp3) is 0.421. The van der Waals surface area contributed by atoms with Gasteiger partial charge in [-0.2, -0.15) is 0 Å². The maximum Gasteiger partial charge on any atom is 0.311 e. The van der Waals surface area contributed by atoms with Gasteiger partial charge in [-0.15, -0.1) is 0 Å². The van der Waals surface area contributed by atoms with Gasteiger partial charge >= 0.3 is 5.97 Å². The monoisotopic (exact) mass is 361 g/mol. The lowest BCUT2D eigenvalue weighted by Crippen LogP contribution is -2.49. The Labute approximate surface area is 150 Å². The zero-order valence-corrected chi connectivity index (χ0v) is 14.8. The van der Waals surface area contributed by atoms with Crippen molar-refractivity contribution in [2.24, 2.45) is 5.41 Å². The summed E-state index contributed by atoms with van der Waals surface area (Å²) in [6.07, 6.45) is 2.80. The Morgan fingerprint density at radius 2 is 2.12 bits per heavy atom. The second kappa shape index (κ2) is 6.97.